The molecule has 1 saturated carbocycles. The van der Waals surface area contributed by atoms with E-state index in [1.165, 1.54) is 31.2 Å². The average molecular weight is 272 g/mol. The monoisotopic (exact) mass is 272 g/mol. The highest BCUT2D eigenvalue weighted by Gasteiger charge is 2.22. The lowest BCUT2D eigenvalue weighted by Gasteiger charge is -2.28. The maximum atomic E-state index is 13.2. The van der Waals surface area contributed by atoms with E-state index >= 15 is 0 Å². The number of benzene rings is 2. The van der Waals surface area contributed by atoms with Crippen LogP contribution in [-0.4, -0.2) is 13.7 Å². The van der Waals surface area contributed by atoms with Gasteiger partial charge in [0.1, 0.15) is 5.82 Å². The minimum atomic E-state index is -0.162. The summed E-state index contributed by atoms with van der Waals surface area (Å²) in [5, 5.41) is 2.13. The number of hydrogen-bond donors (Lipinski definition) is 0. The van der Waals surface area contributed by atoms with Crippen molar-refractivity contribution in [2.75, 3.05) is 13.7 Å². The molecule has 3 rings (SSSR count). The van der Waals surface area contributed by atoms with Crippen LogP contribution in [0, 0.1) is 11.7 Å². The van der Waals surface area contributed by atoms with E-state index in [9.17, 15) is 4.39 Å². The molecule has 0 saturated heterocycles. The van der Waals surface area contributed by atoms with Crippen LogP contribution in [0.2, 0.25) is 0 Å². The van der Waals surface area contributed by atoms with Gasteiger partial charge in [0.2, 0.25) is 0 Å². The lowest BCUT2D eigenvalue weighted by atomic mass is 9.78. The van der Waals surface area contributed by atoms with E-state index in [0.29, 0.717) is 5.92 Å². The molecule has 0 amide bonds. The second-order valence-corrected chi connectivity index (χ2v) is 5.92. The SMILES string of the molecule is COC[C@H]1CC[C@H](c2ccc3cc(F)ccc3c2)CC1. The van der Waals surface area contributed by atoms with Gasteiger partial charge in [-0.2, -0.15) is 0 Å². The van der Waals surface area contributed by atoms with E-state index in [1.54, 1.807) is 19.2 Å². The summed E-state index contributed by atoms with van der Waals surface area (Å²) in [7, 11) is 1.79. The predicted octanol–water partition coefficient (Wildman–Crippen LogP) is 4.90. The molecule has 0 aliphatic heterocycles. The third-order valence-corrected chi connectivity index (χ3v) is 4.55. The molecule has 2 aromatic rings. The summed E-state index contributed by atoms with van der Waals surface area (Å²) in [4.78, 5) is 0. The average Bonchev–Trinajstić information content (AvgIpc) is 2.48. The number of halogens is 1. The van der Waals surface area contributed by atoms with Crippen molar-refractivity contribution in [2.45, 2.75) is 31.6 Å². The van der Waals surface area contributed by atoms with Crippen LogP contribution < -0.4 is 0 Å². The first-order valence-corrected chi connectivity index (χ1v) is 7.44. The molecule has 0 atom stereocenters. The molecule has 0 unspecified atom stereocenters. The Morgan fingerprint density at radius 1 is 1.00 bits per heavy atom. The van der Waals surface area contributed by atoms with Crippen LogP contribution >= 0.6 is 0 Å². The number of methoxy groups -OCH3 is 1. The highest BCUT2D eigenvalue weighted by atomic mass is 19.1. The Kier molecular flexibility index (Phi) is 4.02. The second kappa shape index (κ2) is 5.92. The molecule has 0 aromatic heterocycles. The second-order valence-electron chi connectivity index (χ2n) is 5.92. The third kappa shape index (κ3) is 2.85. The molecule has 20 heavy (non-hydrogen) atoms. The van der Waals surface area contributed by atoms with Gasteiger partial charge < -0.3 is 4.74 Å². The van der Waals surface area contributed by atoms with Crippen molar-refractivity contribution in [3.63, 3.8) is 0 Å². The van der Waals surface area contributed by atoms with Gasteiger partial charge >= 0.3 is 0 Å². The maximum absolute atomic E-state index is 13.2. The molecule has 0 N–H and O–H groups in total. The topological polar surface area (TPSA) is 9.23 Å². The first kappa shape index (κ1) is 13.6. The highest BCUT2D eigenvalue weighted by Crippen LogP contribution is 2.36. The normalized spacial score (nSPS) is 23.1. The van der Waals surface area contributed by atoms with Crippen LogP contribution in [0.3, 0.4) is 0 Å². The van der Waals surface area contributed by atoms with Crippen molar-refractivity contribution >= 4 is 10.8 Å². The van der Waals surface area contributed by atoms with Gasteiger partial charge in [0.05, 0.1) is 0 Å². The van der Waals surface area contributed by atoms with Crippen molar-refractivity contribution < 1.29 is 9.13 Å². The third-order valence-electron chi connectivity index (χ3n) is 4.55. The van der Waals surface area contributed by atoms with Crippen molar-refractivity contribution in [2.24, 2.45) is 5.92 Å². The molecule has 1 fully saturated rings. The van der Waals surface area contributed by atoms with Gasteiger partial charge in [0.15, 0.2) is 0 Å². The summed E-state index contributed by atoms with van der Waals surface area (Å²) >= 11 is 0. The van der Waals surface area contributed by atoms with Gasteiger partial charge in [0.25, 0.3) is 0 Å². The molecule has 1 nitrogen and oxygen atoms in total. The summed E-state index contributed by atoms with van der Waals surface area (Å²) < 4.78 is 18.5. The van der Waals surface area contributed by atoms with Gasteiger partial charge in [-0.3, -0.25) is 0 Å². The Bertz CT molecular complexity index is 585. The van der Waals surface area contributed by atoms with Crippen molar-refractivity contribution in [3.05, 3.63) is 47.8 Å². The molecular weight excluding hydrogens is 251 g/mol. The summed E-state index contributed by atoms with van der Waals surface area (Å²) in [6.45, 7) is 0.893. The van der Waals surface area contributed by atoms with Gasteiger partial charge in [-0.1, -0.05) is 24.3 Å². The predicted molar refractivity (Wildman–Crippen MR) is 80.5 cm³/mol. The Hall–Kier alpha value is -1.41. The fraction of sp³-hybridized carbons (Fsp3) is 0.444. The van der Waals surface area contributed by atoms with Crippen molar-refractivity contribution in [1.29, 1.82) is 0 Å². The van der Waals surface area contributed by atoms with Gasteiger partial charge in [0, 0.05) is 13.7 Å². The smallest absolute Gasteiger partial charge is 0.123 e. The van der Waals surface area contributed by atoms with E-state index < -0.39 is 0 Å². The molecule has 0 heterocycles. The minimum absolute atomic E-state index is 0.162. The maximum Gasteiger partial charge on any atom is 0.123 e. The molecular formula is C18H21FO. The quantitative estimate of drug-likeness (QED) is 0.772. The number of rotatable bonds is 3. The fourth-order valence-corrected chi connectivity index (χ4v) is 3.39. The zero-order valence-corrected chi connectivity index (χ0v) is 11.9. The van der Waals surface area contributed by atoms with Crippen LogP contribution in [0.4, 0.5) is 4.39 Å². The lowest BCUT2D eigenvalue weighted by molar-refractivity contribution is 0.127. The number of ether oxygens (including phenoxy) is 1. The van der Waals surface area contributed by atoms with E-state index in [1.807, 2.05) is 6.07 Å². The Labute approximate surface area is 119 Å². The van der Waals surface area contributed by atoms with E-state index in [4.69, 9.17) is 4.74 Å². The van der Waals surface area contributed by atoms with Gasteiger partial charge in [-0.25, -0.2) is 4.39 Å². The molecule has 2 heteroatoms. The summed E-state index contributed by atoms with van der Waals surface area (Å²) in [5.74, 6) is 1.22. The van der Waals surface area contributed by atoms with Crippen LogP contribution in [0.25, 0.3) is 10.8 Å². The molecule has 0 spiro atoms. The molecule has 0 bridgehead atoms. The first-order chi connectivity index (χ1) is 9.76. The van der Waals surface area contributed by atoms with Crippen molar-refractivity contribution in [1.82, 2.24) is 0 Å². The zero-order chi connectivity index (χ0) is 13.9. The Morgan fingerprint density at radius 3 is 2.45 bits per heavy atom. The Morgan fingerprint density at radius 2 is 1.70 bits per heavy atom. The fourth-order valence-electron chi connectivity index (χ4n) is 3.39. The Balaban J connectivity index is 1.76. The standard InChI is InChI=1S/C18H21FO/c1-20-12-13-2-4-14(5-3-13)15-6-7-17-11-18(19)9-8-16(17)10-15/h6-11,13-14H,2-5,12H2,1H3/t13-,14-. The van der Waals surface area contributed by atoms with E-state index in [2.05, 4.69) is 18.2 Å². The summed E-state index contributed by atoms with van der Waals surface area (Å²) in [6.07, 6.45) is 4.97. The number of hydrogen-bond acceptors (Lipinski definition) is 1. The first-order valence-electron chi connectivity index (χ1n) is 7.44. The van der Waals surface area contributed by atoms with Crippen LogP contribution in [-0.2, 0) is 4.74 Å². The van der Waals surface area contributed by atoms with Gasteiger partial charge in [-0.15, -0.1) is 0 Å². The minimum Gasteiger partial charge on any atom is -0.384 e. The van der Waals surface area contributed by atoms with Crippen LogP contribution in [0.1, 0.15) is 37.2 Å². The molecule has 2 aromatic carbocycles. The van der Waals surface area contributed by atoms with Crippen molar-refractivity contribution in [3.8, 4) is 0 Å². The highest BCUT2D eigenvalue weighted by molar-refractivity contribution is 5.83. The lowest BCUT2D eigenvalue weighted by Crippen LogP contribution is -2.17. The van der Waals surface area contributed by atoms with Crippen LogP contribution in [0.15, 0.2) is 36.4 Å². The summed E-state index contributed by atoms with van der Waals surface area (Å²) in [6, 6.07) is 11.5. The summed E-state index contributed by atoms with van der Waals surface area (Å²) in [5.41, 5.74) is 1.40. The van der Waals surface area contributed by atoms with E-state index in [-0.39, 0.29) is 5.82 Å². The largest absolute Gasteiger partial charge is 0.384 e. The zero-order valence-electron chi connectivity index (χ0n) is 11.9. The molecule has 106 valence electrons. The van der Waals surface area contributed by atoms with Gasteiger partial charge in [-0.05, 0) is 66.0 Å². The van der Waals surface area contributed by atoms with Crippen LogP contribution in [0.5, 0.6) is 0 Å². The number of fused-ring (bicyclic) bond motifs is 1. The van der Waals surface area contributed by atoms with E-state index in [0.717, 1.165) is 23.3 Å². The molecule has 1 aliphatic rings. The molecule has 0 radical (unpaired) electrons. The molecule has 1 aliphatic carbocycles.